The summed E-state index contributed by atoms with van der Waals surface area (Å²) in [6, 6.07) is 5.05. The Kier molecular flexibility index (Phi) is 8.76. The summed E-state index contributed by atoms with van der Waals surface area (Å²) >= 11 is 0. The van der Waals surface area contributed by atoms with Gasteiger partial charge in [-0.2, -0.15) is 0 Å². The summed E-state index contributed by atoms with van der Waals surface area (Å²) in [6.45, 7) is 12.7. The first-order valence-electron chi connectivity index (χ1n) is 12.7. The van der Waals surface area contributed by atoms with Gasteiger partial charge in [0.15, 0.2) is 6.10 Å². The lowest BCUT2D eigenvalue weighted by atomic mass is 9.94. The fourth-order valence-electron chi connectivity index (χ4n) is 3.87. The predicted molar refractivity (Wildman–Crippen MR) is 140 cm³/mol. The van der Waals surface area contributed by atoms with Gasteiger partial charge in [-0.15, -0.1) is 0 Å². The Morgan fingerprint density at radius 2 is 1.67 bits per heavy atom. The van der Waals surface area contributed by atoms with E-state index in [2.05, 4.69) is 5.32 Å². The van der Waals surface area contributed by atoms with Gasteiger partial charge in [0.25, 0.3) is 0 Å². The van der Waals surface area contributed by atoms with Crippen LogP contribution in [0.25, 0.3) is 11.0 Å². The van der Waals surface area contributed by atoms with Crippen molar-refractivity contribution in [2.45, 2.75) is 86.0 Å². The normalized spacial score (nSPS) is 23.7. The average Bonchev–Trinajstić information content (AvgIpc) is 2.79. The van der Waals surface area contributed by atoms with Gasteiger partial charge in [0, 0.05) is 24.4 Å². The maximum Gasteiger partial charge on any atom is 0.336 e. The van der Waals surface area contributed by atoms with Crippen LogP contribution in [-0.2, 0) is 28.6 Å². The molecule has 214 valence electrons. The zero-order valence-corrected chi connectivity index (χ0v) is 23.5. The minimum absolute atomic E-state index is 0.222. The number of fused-ring (bicyclic) bond motifs is 1. The highest BCUT2D eigenvalue weighted by molar-refractivity contribution is 5.81. The SMILES string of the molecule is CC(=O)N[C@H]1[C@H](Oc2ccc3c(C)cc(=O)oc3c2)O[C@H](COC(=O)C(C)(C)C)[C@H](O)[C@H]1OC(=O)C(C)(C)C. The number of amides is 1. The molecule has 0 saturated carbocycles. The molecule has 1 aromatic carbocycles. The summed E-state index contributed by atoms with van der Waals surface area (Å²) in [7, 11) is 0. The molecular formula is C28H37NO10. The molecule has 11 nitrogen and oxygen atoms in total. The lowest BCUT2D eigenvalue weighted by Crippen LogP contribution is -2.67. The summed E-state index contributed by atoms with van der Waals surface area (Å²) in [5, 5.41) is 14.5. The molecule has 11 heteroatoms. The fraction of sp³-hybridized carbons (Fsp3) is 0.571. The molecule has 1 aliphatic rings. The Balaban J connectivity index is 1.99. The second kappa shape index (κ2) is 11.4. The van der Waals surface area contributed by atoms with Crippen LogP contribution in [0.15, 0.2) is 33.5 Å². The number of hydrogen-bond acceptors (Lipinski definition) is 10. The molecule has 2 heterocycles. The van der Waals surface area contributed by atoms with Gasteiger partial charge in [0.05, 0.1) is 10.8 Å². The van der Waals surface area contributed by atoms with E-state index in [1.165, 1.54) is 19.1 Å². The van der Waals surface area contributed by atoms with E-state index < -0.39 is 64.9 Å². The van der Waals surface area contributed by atoms with E-state index in [1.54, 1.807) is 60.6 Å². The Bertz CT molecular complexity index is 1290. The average molecular weight is 548 g/mol. The lowest BCUT2D eigenvalue weighted by molar-refractivity contribution is -0.254. The van der Waals surface area contributed by atoms with Crippen molar-refractivity contribution in [1.82, 2.24) is 5.32 Å². The van der Waals surface area contributed by atoms with Crippen molar-refractivity contribution in [2.75, 3.05) is 6.61 Å². The molecule has 0 unspecified atom stereocenters. The molecule has 39 heavy (non-hydrogen) atoms. The molecule has 5 atom stereocenters. The third kappa shape index (κ3) is 7.36. The van der Waals surface area contributed by atoms with Crippen molar-refractivity contribution in [1.29, 1.82) is 0 Å². The molecule has 0 radical (unpaired) electrons. The highest BCUT2D eigenvalue weighted by Gasteiger charge is 2.50. The standard InChI is InChI=1S/C28H37NO10/c1-14-11-20(31)37-18-12-16(9-10-17(14)18)36-24-21(29-15(2)30)23(39-26(34)28(6,7)8)22(32)19(38-24)13-35-25(33)27(3,4)5/h9-12,19,21-24,32H,13H2,1-8H3,(H,29,30)/t19-,21-,22+,23+,24-/m1/s1. The van der Waals surface area contributed by atoms with Gasteiger partial charge in [-0.1, -0.05) is 0 Å². The van der Waals surface area contributed by atoms with Crippen LogP contribution in [0.4, 0.5) is 0 Å². The van der Waals surface area contributed by atoms with Gasteiger partial charge in [-0.25, -0.2) is 4.79 Å². The molecule has 1 amide bonds. The summed E-state index contributed by atoms with van der Waals surface area (Å²) in [5.41, 5.74) is -1.26. The number of aryl methyl sites for hydroxylation is 1. The van der Waals surface area contributed by atoms with Crippen molar-refractivity contribution >= 4 is 28.8 Å². The topological polar surface area (TPSA) is 151 Å². The number of benzene rings is 1. The van der Waals surface area contributed by atoms with Crippen LogP contribution < -0.4 is 15.7 Å². The number of carbonyl (C=O) groups is 3. The third-order valence-electron chi connectivity index (χ3n) is 6.07. The van der Waals surface area contributed by atoms with Crippen LogP contribution in [0.3, 0.4) is 0 Å². The molecule has 3 rings (SSSR count). The summed E-state index contributed by atoms with van der Waals surface area (Å²) < 4.78 is 28.4. The van der Waals surface area contributed by atoms with Crippen LogP contribution in [0.2, 0.25) is 0 Å². The zero-order chi connectivity index (χ0) is 29.3. The minimum Gasteiger partial charge on any atom is -0.462 e. The number of hydrogen-bond donors (Lipinski definition) is 2. The first-order valence-corrected chi connectivity index (χ1v) is 12.7. The van der Waals surface area contributed by atoms with Crippen LogP contribution in [0.1, 0.15) is 54.0 Å². The first-order chi connectivity index (χ1) is 18.0. The predicted octanol–water partition coefficient (Wildman–Crippen LogP) is 2.62. The van der Waals surface area contributed by atoms with Gasteiger partial charge in [-0.3, -0.25) is 14.4 Å². The maximum atomic E-state index is 12.8. The van der Waals surface area contributed by atoms with Crippen LogP contribution in [-0.4, -0.2) is 60.2 Å². The van der Waals surface area contributed by atoms with Crippen molar-refractivity contribution in [2.24, 2.45) is 10.8 Å². The quantitative estimate of drug-likeness (QED) is 0.408. The van der Waals surface area contributed by atoms with Crippen LogP contribution >= 0.6 is 0 Å². The van der Waals surface area contributed by atoms with E-state index >= 15 is 0 Å². The molecule has 1 fully saturated rings. The molecule has 1 aromatic heterocycles. The monoisotopic (exact) mass is 547 g/mol. The van der Waals surface area contributed by atoms with Crippen molar-refractivity contribution < 1.29 is 42.9 Å². The number of aliphatic hydroxyl groups is 1. The highest BCUT2D eigenvalue weighted by atomic mass is 16.7. The number of aliphatic hydroxyl groups excluding tert-OH is 1. The molecule has 2 N–H and O–H groups in total. The second-order valence-electron chi connectivity index (χ2n) is 11.8. The Hall–Kier alpha value is -3.44. The highest BCUT2D eigenvalue weighted by Crippen LogP contribution is 2.31. The van der Waals surface area contributed by atoms with E-state index in [0.717, 1.165) is 5.56 Å². The van der Waals surface area contributed by atoms with Gasteiger partial charge >= 0.3 is 17.6 Å². The number of ether oxygens (including phenoxy) is 4. The number of rotatable bonds is 6. The summed E-state index contributed by atoms with van der Waals surface area (Å²) in [5.74, 6) is -1.42. The second-order valence-corrected chi connectivity index (χ2v) is 11.8. The Morgan fingerprint density at radius 3 is 2.26 bits per heavy atom. The molecule has 0 aliphatic carbocycles. The molecule has 1 saturated heterocycles. The summed E-state index contributed by atoms with van der Waals surface area (Å²) in [6.07, 6.45) is -5.23. The van der Waals surface area contributed by atoms with Crippen molar-refractivity contribution in [3.05, 3.63) is 40.2 Å². The van der Waals surface area contributed by atoms with E-state index in [9.17, 15) is 24.3 Å². The zero-order valence-electron chi connectivity index (χ0n) is 23.5. The fourth-order valence-corrected chi connectivity index (χ4v) is 3.87. The minimum atomic E-state index is -1.47. The van der Waals surface area contributed by atoms with E-state index in [0.29, 0.717) is 5.39 Å². The van der Waals surface area contributed by atoms with Gasteiger partial charge in [0.1, 0.15) is 36.2 Å². The molecule has 2 aromatic rings. The van der Waals surface area contributed by atoms with E-state index in [4.69, 9.17) is 23.4 Å². The molecule has 0 bridgehead atoms. The van der Waals surface area contributed by atoms with Gasteiger partial charge < -0.3 is 33.8 Å². The molecule has 1 aliphatic heterocycles. The number of nitrogens with one attached hydrogen (secondary N) is 1. The third-order valence-corrected chi connectivity index (χ3v) is 6.07. The Morgan fingerprint density at radius 1 is 1.03 bits per heavy atom. The Labute approximate surface area is 226 Å². The maximum absolute atomic E-state index is 12.8. The van der Waals surface area contributed by atoms with Gasteiger partial charge in [0.2, 0.25) is 12.2 Å². The number of esters is 2. The summed E-state index contributed by atoms with van der Waals surface area (Å²) in [4.78, 5) is 49.3. The van der Waals surface area contributed by atoms with Crippen molar-refractivity contribution in [3.8, 4) is 5.75 Å². The van der Waals surface area contributed by atoms with E-state index in [-0.39, 0.29) is 17.9 Å². The van der Waals surface area contributed by atoms with Crippen molar-refractivity contribution in [3.63, 3.8) is 0 Å². The first kappa shape index (κ1) is 30.1. The lowest BCUT2D eigenvalue weighted by Gasteiger charge is -2.44. The smallest absolute Gasteiger partial charge is 0.336 e. The number of carbonyl (C=O) groups excluding carboxylic acids is 3. The largest absolute Gasteiger partial charge is 0.462 e. The molecule has 0 spiro atoms. The van der Waals surface area contributed by atoms with Crippen LogP contribution in [0, 0.1) is 17.8 Å². The van der Waals surface area contributed by atoms with E-state index in [1.807, 2.05) is 0 Å². The van der Waals surface area contributed by atoms with Gasteiger partial charge in [-0.05, 0) is 66.2 Å². The van der Waals surface area contributed by atoms with Crippen LogP contribution in [0.5, 0.6) is 5.75 Å². The molecular weight excluding hydrogens is 510 g/mol.